The van der Waals surface area contributed by atoms with Crippen LogP contribution in [0.5, 0.6) is 0 Å². The van der Waals surface area contributed by atoms with Crippen molar-refractivity contribution in [2.24, 2.45) is 0 Å². The van der Waals surface area contributed by atoms with Gasteiger partial charge in [0, 0.05) is 15.7 Å². The Morgan fingerprint density at radius 3 is 2.69 bits per heavy atom. The van der Waals surface area contributed by atoms with Gasteiger partial charge in [-0.3, -0.25) is 0 Å². The maximum absolute atomic E-state index is 4.20. The first-order valence-corrected chi connectivity index (χ1v) is 6.98. The first kappa shape index (κ1) is 11.9. The second kappa shape index (κ2) is 5.70. The standard InChI is InChI=1S/C11H12IN3S/c1-2-13-7-10-14-15-11(16-10)8-3-5-9(12)6-4-8/h3-6,13H,2,7H2,1H3. The minimum atomic E-state index is 0.804. The van der Waals surface area contributed by atoms with Gasteiger partial charge in [-0.05, 0) is 41.3 Å². The van der Waals surface area contributed by atoms with Crippen LogP contribution in [0.3, 0.4) is 0 Å². The van der Waals surface area contributed by atoms with Crippen molar-refractivity contribution in [2.75, 3.05) is 6.54 Å². The van der Waals surface area contributed by atoms with Gasteiger partial charge in [0.25, 0.3) is 0 Å². The summed E-state index contributed by atoms with van der Waals surface area (Å²) in [6.45, 7) is 3.85. The molecule has 0 bridgehead atoms. The van der Waals surface area contributed by atoms with Crippen LogP contribution in [0.15, 0.2) is 24.3 Å². The van der Waals surface area contributed by atoms with Crippen molar-refractivity contribution in [3.63, 3.8) is 0 Å². The van der Waals surface area contributed by atoms with E-state index < -0.39 is 0 Å². The van der Waals surface area contributed by atoms with Crippen LogP contribution in [0.4, 0.5) is 0 Å². The first-order valence-electron chi connectivity index (χ1n) is 5.08. The Kier molecular flexibility index (Phi) is 4.25. The van der Waals surface area contributed by atoms with E-state index in [0.717, 1.165) is 28.7 Å². The minimum Gasteiger partial charge on any atom is -0.311 e. The second-order valence-corrected chi connectivity index (χ2v) is 5.60. The number of hydrogen-bond acceptors (Lipinski definition) is 4. The van der Waals surface area contributed by atoms with Crippen LogP contribution in [0, 0.1) is 3.57 Å². The molecular formula is C11H12IN3S. The summed E-state index contributed by atoms with van der Waals surface area (Å²) >= 11 is 3.94. The van der Waals surface area contributed by atoms with Gasteiger partial charge in [-0.15, -0.1) is 10.2 Å². The highest BCUT2D eigenvalue weighted by atomic mass is 127. The van der Waals surface area contributed by atoms with Crippen molar-refractivity contribution < 1.29 is 0 Å². The smallest absolute Gasteiger partial charge is 0.147 e. The molecule has 0 spiro atoms. The van der Waals surface area contributed by atoms with Gasteiger partial charge in [0.05, 0.1) is 0 Å². The monoisotopic (exact) mass is 345 g/mol. The SMILES string of the molecule is CCNCc1nnc(-c2ccc(I)cc2)s1. The Labute approximate surface area is 112 Å². The largest absolute Gasteiger partial charge is 0.311 e. The van der Waals surface area contributed by atoms with E-state index in [1.165, 1.54) is 3.57 Å². The van der Waals surface area contributed by atoms with Crippen molar-refractivity contribution in [2.45, 2.75) is 13.5 Å². The van der Waals surface area contributed by atoms with E-state index in [4.69, 9.17) is 0 Å². The molecule has 0 amide bonds. The second-order valence-electron chi connectivity index (χ2n) is 3.29. The molecule has 2 aromatic rings. The Morgan fingerprint density at radius 1 is 1.25 bits per heavy atom. The lowest BCUT2D eigenvalue weighted by atomic mass is 10.2. The van der Waals surface area contributed by atoms with Gasteiger partial charge < -0.3 is 5.32 Å². The van der Waals surface area contributed by atoms with Crippen molar-refractivity contribution in [1.29, 1.82) is 0 Å². The van der Waals surface area contributed by atoms with Crippen LogP contribution in [-0.2, 0) is 6.54 Å². The third-order valence-electron chi connectivity index (χ3n) is 2.08. The Hall–Kier alpha value is -0.530. The molecule has 3 nitrogen and oxygen atoms in total. The van der Waals surface area contributed by atoms with Crippen molar-refractivity contribution in [3.05, 3.63) is 32.8 Å². The van der Waals surface area contributed by atoms with Gasteiger partial charge in [-0.2, -0.15) is 0 Å². The summed E-state index contributed by atoms with van der Waals surface area (Å²) in [5, 5.41) is 13.6. The molecular weight excluding hydrogens is 333 g/mol. The number of halogens is 1. The quantitative estimate of drug-likeness (QED) is 0.866. The minimum absolute atomic E-state index is 0.804. The summed E-state index contributed by atoms with van der Waals surface area (Å²) in [6, 6.07) is 8.33. The normalized spacial score (nSPS) is 10.6. The van der Waals surface area contributed by atoms with Crippen LogP contribution in [0.1, 0.15) is 11.9 Å². The molecule has 0 unspecified atom stereocenters. The molecule has 1 aromatic carbocycles. The van der Waals surface area contributed by atoms with Crippen LogP contribution >= 0.6 is 33.9 Å². The number of rotatable bonds is 4. The summed E-state index contributed by atoms with van der Waals surface area (Å²) in [5.74, 6) is 0. The van der Waals surface area contributed by atoms with E-state index in [9.17, 15) is 0 Å². The topological polar surface area (TPSA) is 37.8 Å². The highest BCUT2D eigenvalue weighted by Gasteiger charge is 2.05. The maximum atomic E-state index is 4.20. The molecule has 0 saturated heterocycles. The zero-order valence-electron chi connectivity index (χ0n) is 8.90. The van der Waals surface area contributed by atoms with Crippen molar-refractivity contribution >= 4 is 33.9 Å². The number of hydrogen-bond donors (Lipinski definition) is 1. The fourth-order valence-electron chi connectivity index (χ4n) is 1.27. The van der Waals surface area contributed by atoms with Crippen LogP contribution in [0.2, 0.25) is 0 Å². The molecule has 0 fully saturated rings. The van der Waals surface area contributed by atoms with E-state index in [2.05, 4.69) is 69.3 Å². The third kappa shape index (κ3) is 2.99. The molecule has 84 valence electrons. The maximum Gasteiger partial charge on any atom is 0.147 e. The summed E-state index contributed by atoms with van der Waals surface area (Å²) in [5.41, 5.74) is 1.14. The molecule has 0 atom stereocenters. The van der Waals surface area contributed by atoms with Gasteiger partial charge in [0.1, 0.15) is 10.0 Å². The van der Waals surface area contributed by atoms with Crippen LogP contribution < -0.4 is 5.32 Å². The summed E-state index contributed by atoms with van der Waals surface area (Å²) in [4.78, 5) is 0. The zero-order chi connectivity index (χ0) is 11.4. The Balaban J connectivity index is 2.15. The number of nitrogens with zero attached hydrogens (tertiary/aromatic N) is 2. The molecule has 0 aliphatic carbocycles. The van der Waals surface area contributed by atoms with Gasteiger partial charge in [-0.1, -0.05) is 30.4 Å². The lowest BCUT2D eigenvalue weighted by Gasteiger charge is -1.95. The first-order chi connectivity index (χ1) is 7.79. The lowest BCUT2D eigenvalue weighted by Crippen LogP contribution is -2.11. The fraction of sp³-hybridized carbons (Fsp3) is 0.273. The molecule has 1 heterocycles. The average molecular weight is 345 g/mol. The molecule has 16 heavy (non-hydrogen) atoms. The van der Waals surface area contributed by atoms with Crippen LogP contribution in [-0.4, -0.2) is 16.7 Å². The third-order valence-corrected chi connectivity index (χ3v) is 3.78. The summed E-state index contributed by atoms with van der Waals surface area (Å²) in [7, 11) is 0. The van der Waals surface area contributed by atoms with Crippen LogP contribution in [0.25, 0.3) is 10.6 Å². The van der Waals surface area contributed by atoms with E-state index in [-0.39, 0.29) is 0 Å². The van der Waals surface area contributed by atoms with Gasteiger partial charge in [-0.25, -0.2) is 0 Å². The zero-order valence-corrected chi connectivity index (χ0v) is 11.9. The average Bonchev–Trinajstić information content (AvgIpc) is 2.76. The molecule has 0 radical (unpaired) electrons. The highest BCUT2D eigenvalue weighted by molar-refractivity contribution is 14.1. The van der Waals surface area contributed by atoms with Gasteiger partial charge in [0.15, 0.2) is 0 Å². The molecule has 2 rings (SSSR count). The number of benzene rings is 1. The van der Waals surface area contributed by atoms with Crippen molar-refractivity contribution in [1.82, 2.24) is 15.5 Å². The lowest BCUT2D eigenvalue weighted by molar-refractivity contribution is 0.715. The van der Waals surface area contributed by atoms with Crippen molar-refractivity contribution in [3.8, 4) is 10.6 Å². The number of aromatic nitrogens is 2. The highest BCUT2D eigenvalue weighted by Crippen LogP contribution is 2.23. The van der Waals surface area contributed by atoms with Gasteiger partial charge in [0.2, 0.25) is 0 Å². The van der Waals surface area contributed by atoms with Gasteiger partial charge >= 0.3 is 0 Å². The number of nitrogens with one attached hydrogen (secondary N) is 1. The summed E-state index contributed by atoms with van der Waals surface area (Å²) in [6.07, 6.45) is 0. The fourth-order valence-corrected chi connectivity index (χ4v) is 2.44. The molecule has 0 saturated carbocycles. The molecule has 5 heteroatoms. The van der Waals surface area contributed by atoms with E-state index in [1.54, 1.807) is 11.3 Å². The predicted molar refractivity (Wildman–Crippen MR) is 75.4 cm³/mol. The Morgan fingerprint density at radius 2 is 2.00 bits per heavy atom. The molecule has 1 aromatic heterocycles. The van der Waals surface area contributed by atoms with E-state index in [0.29, 0.717) is 0 Å². The Bertz CT molecular complexity index is 453. The molecule has 0 aliphatic rings. The van der Waals surface area contributed by atoms with E-state index >= 15 is 0 Å². The molecule has 0 aliphatic heterocycles. The van der Waals surface area contributed by atoms with E-state index in [1.807, 2.05) is 0 Å². The summed E-state index contributed by atoms with van der Waals surface area (Å²) < 4.78 is 1.23. The molecule has 1 N–H and O–H groups in total. The predicted octanol–water partition coefficient (Wildman–Crippen LogP) is 2.92.